The van der Waals surface area contributed by atoms with E-state index in [4.69, 9.17) is 30.5 Å². The number of ketones is 1. The maximum atomic E-state index is 13.8. The molecule has 10 nitrogen and oxygen atoms in total. The molecule has 5 rings (SSSR count). The second kappa shape index (κ2) is 10.7. The molecule has 0 aliphatic carbocycles. The molecular weight excluding hydrogens is 542 g/mol. The van der Waals surface area contributed by atoms with Gasteiger partial charge in [-0.25, -0.2) is 0 Å². The van der Waals surface area contributed by atoms with Crippen LogP contribution in [0.5, 0.6) is 17.2 Å². The van der Waals surface area contributed by atoms with Crippen molar-refractivity contribution in [2.24, 2.45) is 0 Å². The molecule has 0 unspecified atom stereocenters. The van der Waals surface area contributed by atoms with Gasteiger partial charge in [0.05, 0.1) is 37.5 Å². The number of carbonyl (C=O) groups excluding carboxylic acids is 1. The van der Waals surface area contributed by atoms with Crippen LogP contribution in [0.25, 0.3) is 10.9 Å². The molecule has 11 heteroatoms. The molecule has 0 bridgehead atoms. The molecule has 1 aromatic heterocycles. The minimum absolute atomic E-state index is 0.0152. The van der Waals surface area contributed by atoms with E-state index >= 15 is 0 Å². The van der Waals surface area contributed by atoms with Crippen molar-refractivity contribution in [3.05, 3.63) is 89.6 Å². The van der Waals surface area contributed by atoms with Crippen LogP contribution in [-0.2, 0) is 10.5 Å². The standard InChI is InChI=1S/C29H28ClNO9/c1-37-16-11-12-19(23(13-16)38-2)25(33)18-8-4-6-10-22(18)39-29(20-14-31-21-9-5-3-7-17(20)21)27(35)26(34)28(30,36)24(15-32)40-29/h3-14,24,26-27,31-32,34-36H,15H2,1-2H3/t24-,26-,27-,28+,29-/m1/s1. The molecular formula is C29H28ClNO9. The fourth-order valence-corrected chi connectivity index (χ4v) is 5.14. The van der Waals surface area contributed by atoms with Crippen molar-refractivity contribution in [3.63, 3.8) is 0 Å². The molecule has 0 radical (unpaired) electrons. The molecule has 40 heavy (non-hydrogen) atoms. The first kappa shape index (κ1) is 27.9. The third-order valence-electron chi connectivity index (χ3n) is 7.05. The lowest BCUT2D eigenvalue weighted by Crippen LogP contribution is -2.69. The van der Waals surface area contributed by atoms with E-state index < -0.39 is 41.5 Å². The van der Waals surface area contributed by atoms with Gasteiger partial charge in [-0.05, 0) is 30.3 Å². The SMILES string of the molecule is COc1ccc(C(=O)c2ccccc2O[C@]2(c3c[nH]c4ccccc34)O[C@H](CO)[C@@](O)(Cl)[C@H](O)[C@H]2O)c(OC)c1. The molecule has 5 atom stereocenters. The molecule has 4 aromatic rings. The number of para-hydroxylation sites is 2. The van der Waals surface area contributed by atoms with Crippen LogP contribution < -0.4 is 14.2 Å². The largest absolute Gasteiger partial charge is 0.497 e. The Balaban J connectivity index is 1.67. The van der Waals surface area contributed by atoms with E-state index in [-0.39, 0.29) is 28.2 Å². The van der Waals surface area contributed by atoms with Crippen molar-refractivity contribution in [2.45, 2.75) is 29.2 Å². The van der Waals surface area contributed by atoms with E-state index in [2.05, 4.69) is 4.98 Å². The summed E-state index contributed by atoms with van der Waals surface area (Å²) in [5, 5.41) is 41.2. The molecule has 0 amide bonds. The van der Waals surface area contributed by atoms with Crippen LogP contribution in [0.1, 0.15) is 21.5 Å². The van der Waals surface area contributed by atoms with Gasteiger partial charge >= 0.3 is 0 Å². The number of carbonyl (C=O) groups is 1. The highest BCUT2D eigenvalue weighted by Crippen LogP contribution is 2.47. The molecule has 5 N–H and O–H groups in total. The number of fused-ring (bicyclic) bond motifs is 1. The van der Waals surface area contributed by atoms with Gasteiger partial charge in [-0.15, -0.1) is 0 Å². The predicted molar refractivity (Wildman–Crippen MR) is 145 cm³/mol. The van der Waals surface area contributed by atoms with Gasteiger partial charge < -0.3 is 44.4 Å². The van der Waals surface area contributed by atoms with E-state index in [1.54, 1.807) is 54.6 Å². The third-order valence-corrected chi connectivity index (χ3v) is 7.52. The number of halogens is 1. The maximum Gasteiger partial charge on any atom is 0.268 e. The molecule has 1 aliphatic rings. The maximum absolute atomic E-state index is 13.8. The van der Waals surface area contributed by atoms with Crippen LogP contribution >= 0.6 is 11.6 Å². The van der Waals surface area contributed by atoms with Gasteiger partial charge in [0.1, 0.15) is 29.5 Å². The Morgan fingerprint density at radius 1 is 0.975 bits per heavy atom. The van der Waals surface area contributed by atoms with Crippen LogP contribution in [-0.4, -0.2) is 75.4 Å². The number of hydrogen-bond acceptors (Lipinski definition) is 9. The summed E-state index contributed by atoms with van der Waals surface area (Å²) in [5.74, 6) is -1.95. The van der Waals surface area contributed by atoms with Crippen LogP contribution in [0.15, 0.2) is 72.9 Å². The minimum Gasteiger partial charge on any atom is -0.497 e. The number of aliphatic hydroxyl groups excluding tert-OH is 3. The Morgan fingerprint density at radius 3 is 2.40 bits per heavy atom. The number of rotatable bonds is 8. The smallest absolute Gasteiger partial charge is 0.268 e. The monoisotopic (exact) mass is 569 g/mol. The van der Waals surface area contributed by atoms with E-state index in [1.807, 2.05) is 0 Å². The normalized spacial score (nSPS) is 26.4. The number of hydrogen-bond donors (Lipinski definition) is 5. The summed E-state index contributed by atoms with van der Waals surface area (Å²) in [6.07, 6.45) is -4.08. The number of methoxy groups -OCH3 is 2. The average molecular weight is 570 g/mol. The predicted octanol–water partition coefficient (Wildman–Crippen LogP) is 2.69. The van der Waals surface area contributed by atoms with Gasteiger partial charge in [0, 0.05) is 23.2 Å². The summed E-state index contributed by atoms with van der Waals surface area (Å²) in [4.78, 5) is 16.9. The number of aliphatic hydroxyl groups is 4. The van der Waals surface area contributed by atoms with Crippen LogP contribution in [0.3, 0.4) is 0 Å². The molecule has 1 fully saturated rings. The van der Waals surface area contributed by atoms with Gasteiger partial charge in [0.25, 0.3) is 5.79 Å². The first-order chi connectivity index (χ1) is 19.2. The minimum atomic E-state index is -2.54. The second-order valence-corrected chi connectivity index (χ2v) is 9.92. The Labute approximate surface area is 234 Å². The molecule has 3 aromatic carbocycles. The number of H-pyrrole nitrogens is 1. The Morgan fingerprint density at radius 2 is 1.68 bits per heavy atom. The molecule has 0 spiro atoms. The summed E-state index contributed by atoms with van der Waals surface area (Å²) in [6.45, 7) is -0.819. The fraction of sp³-hybridized carbons (Fsp3) is 0.276. The van der Waals surface area contributed by atoms with Crippen molar-refractivity contribution in [3.8, 4) is 17.2 Å². The van der Waals surface area contributed by atoms with Gasteiger partial charge in [0.2, 0.25) is 0 Å². The van der Waals surface area contributed by atoms with Crippen LogP contribution in [0, 0.1) is 0 Å². The van der Waals surface area contributed by atoms with E-state index in [1.165, 1.54) is 32.5 Å². The Hall–Kier alpha value is -3.64. The number of benzene rings is 3. The quantitative estimate of drug-likeness (QED) is 0.159. The van der Waals surface area contributed by atoms with Crippen molar-refractivity contribution >= 4 is 28.3 Å². The highest BCUT2D eigenvalue weighted by atomic mass is 35.5. The lowest BCUT2D eigenvalue weighted by molar-refractivity contribution is -0.354. The zero-order chi connectivity index (χ0) is 28.7. The number of alkyl halides is 1. The summed E-state index contributed by atoms with van der Waals surface area (Å²) in [5.41, 5.74) is 1.20. The number of nitrogens with one attached hydrogen (secondary N) is 1. The van der Waals surface area contributed by atoms with Crippen molar-refractivity contribution in [2.75, 3.05) is 20.8 Å². The fourth-order valence-electron chi connectivity index (χ4n) is 4.91. The highest BCUT2D eigenvalue weighted by Gasteiger charge is 2.63. The first-order valence-corrected chi connectivity index (χ1v) is 12.7. The number of ether oxygens (including phenoxy) is 4. The van der Waals surface area contributed by atoms with Gasteiger partial charge in [-0.1, -0.05) is 41.9 Å². The second-order valence-electron chi connectivity index (χ2n) is 9.32. The molecule has 210 valence electrons. The van der Waals surface area contributed by atoms with Crippen LogP contribution in [0.4, 0.5) is 0 Å². The van der Waals surface area contributed by atoms with E-state index in [0.29, 0.717) is 16.7 Å². The zero-order valence-electron chi connectivity index (χ0n) is 21.6. The Kier molecular flexibility index (Phi) is 7.49. The topological polar surface area (TPSA) is 151 Å². The van der Waals surface area contributed by atoms with Crippen molar-refractivity contribution in [1.29, 1.82) is 0 Å². The molecule has 0 saturated carbocycles. The van der Waals surface area contributed by atoms with Crippen LogP contribution in [0.2, 0.25) is 0 Å². The van der Waals surface area contributed by atoms with Gasteiger partial charge in [-0.2, -0.15) is 0 Å². The van der Waals surface area contributed by atoms with E-state index in [0.717, 1.165) is 0 Å². The Bertz CT molecular complexity index is 1530. The summed E-state index contributed by atoms with van der Waals surface area (Å²) >= 11 is 6.13. The zero-order valence-corrected chi connectivity index (χ0v) is 22.3. The highest BCUT2D eigenvalue weighted by molar-refractivity contribution is 6.23. The third kappa shape index (κ3) is 4.48. The average Bonchev–Trinajstić information content (AvgIpc) is 3.42. The summed E-state index contributed by atoms with van der Waals surface area (Å²) in [7, 11) is 2.92. The van der Waals surface area contributed by atoms with Crippen molar-refractivity contribution in [1.82, 2.24) is 4.98 Å². The summed E-state index contributed by atoms with van der Waals surface area (Å²) < 4.78 is 23.1. The molecule has 1 saturated heterocycles. The lowest BCUT2D eigenvalue weighted by Gasteiger charge is -2.50. The number of aromatic nitrogens is 1. The van der Waals surface area contributed by atoms with Crippen molar-refractivity contribution < 1.29 is 44.2 Å². The molecule has 2 heterocycles. The molecule has 1 aliphatic heterocycles. The number of aromatic amines is 1. The van der Waals surface area contributed by atoms with Gasteiger partial charge in [-0.3, -0.25) is 4.79 Å². The first-order valence-electron chi connectivity index (χ1n) is 12.3. The van der Waals surface area contributed by atoms with E-state index in [9.17, 15) is 25.2 Å². The lowest BCUT2D eigenvalue weighted by atomic mass is 9.87. The van der Waals surface area contributed by atoms with Gasteiger partial charge in [0.15, 0.2) is 16.9 Å². The summed E-state index contributed by atoms with van der Waals surface area (Å²) in [6, 6.07) is 18.1.